The molecule has 22 aliphatic rings. The highest BCUT2D eigenvalue weighted by atomic mass is 16.8. The van der Waals surface area contributed by atoms with Gasteiger partial charge in [-0.25, -0.2) is 0 Å². The van der Waals surface area contributed by atoms with Gasteiger partial charge in [0.05, 0.1) is 45.2 Å². The van der Waals surface area contributed by atoms with Crippen molar-refractivity contribution in [2.75, 3.05) is 64.6 Å². The van der Waals surface area contributed by atoms with Crippen LogP contribution >= 0.6 is 0 Å². The number of aliphatic hydroxyl groups is 20. The summed E-state index contributed by atoms with van der Waals surface area (Å²) < 4.78 is 81.8. The monoisotopic (exact) mass is 1380 g/mol. The lowest BCUT2D eigenvalue weighted by Gasteiger charge is -2.50. The zero-order valence-electron chi connectivity index (χ0n) is 50.6. The number of benzene rings is 2. The van der Waals surface area contributed by atoms with Crippen molar-refractivity contribution >= 4 is 17.3 Å². The second kappa shape index (κ2) is 31.2. The van der Waals surface area contributed by atoms with E-state index in [0.717, 1.165) is 0 Å². The average molecular weight is 1380 g/mol. The summed E-state index contributed by atoms with van der Waals surface area (Å²) in [6.07, 6.45) is -71.0. The van der Waals surface area contributed by atoms with Crippen LogP contribution in [0.15, 0.2) is 42.5 Å². The molecule has 1 aliphatic carbocycles. The summed E-state index contributed by atoms with van der Waals surface area (Å²) in [5.41, 5.74) is 1.02. The van der Waals surface area contributed by atoms with Crippen LogP contribution in [-0.4, -0.2) is 388 Å². The molecule has 540 valence electrons. The number of hydrogen-bond acceptors (Lipinski definition) is 38. The standard InChI is InChI=1S/C58H82N2O36/c61-11-22-46-33(71)40(78)54(85-22)93-48-24(13-63)87-56(42(80)35(48)73)95-50-26(15-65)89-58(44(82)37(50)75)96-51-27(16-66)88-57(43(81)36(51)74)94-49-25(14-64)86-55(41(79)34(49)72)92-47-23(12-62)84-53(39(77)32(47)70)90-45-21(83-52(91-46)38(76)31(45)69)10-59-8-9-60-20-7-3-6-19-28(20)30(68)18-5-2-1-4-17(18)29(19)67/h1-7,21-27,31-66,69-82H,8-16H2/t21-,22-,23-,24-,25-,26-,27-,31-,32-,33-,34-,35-,36-,37-,38-,39-,40-,41-,42-,43-,44-,45-,46-,47-,48-,49-,50-,51-,52-,53-,54-,55-,56-,57-,58-/m1/s1. The maximum absolute atomic E-state index is 13.7. The molecule has 0 amide bonds. The summed E-state index contributed by atoms with van der Waals surface area (Å²) in [6.45, 7) is -6.77. The minimum atomic E-state index is -2.24. The summed E-state index contributed by atoms with van der Waals surface area (Å²) in [5, 5.41) is 231. The minimum absolute atomic E-state index is 0.00942. The predicted molar refractivity (Wildman–Crippen MR) is 302 cm³/mol. The number of anilines is 1. The van der Waals surface area contributed by atoms with Gasteiger partial charge in [0.15, 0.2) is 55.6 Å². The Morgan fingerprint density at radius 1 is 0.281 bits per heavy atom. The van der Waals surface area contributed by atoms with Crippen molar-refractivity contribution in [3.63, 3.8) is 0 Å². The molecular formula is C58H82N2O36. The van der Waals surface area contributed by atoms with E-state index in [1.807, 2.05) is 0 Å². The predicted octanol–water partition coefficient (Wildman–Crippen LogP) is -12.7. The fourth-order valence-corrected chi connectivity index (χ4v) is 13.3. The van der Waals surface area contributed by atoms with E-state index in [1.165, 1.54) is 12.1 Å². The van der Waals surface area contributed by atoms with Gasteiger partial charge in [0.1, 0.15) is 171 Å². The maximum Gasteiger partial charge on any atom is 0.196 e. The van der Waals surface area contributed by atoms with Crippen LogP contribution in [0.5, 0.6) is 0 Å². The highest BCUT2D eigenvalue weighted by Gasteiger charge is 2.60. The van der Waals surface area contributed by atoms with Crippen molar-refractivity contribution in [1.82, 2.24) is 5.32 Å². The molecule has 2 aromatic carbocycles. The van der Waals surface area contributed by atoms with E-state index in [0.29, 0.717) is 5.69 Å². The second-order valence-corrected chi connectivity index (χ2v) is 24.5. The molecule has 2 aromatic rings. The Hall–Kier alpha value is -3.82. The molecule has 22 N–H and O–H groups in total. The molecule has 21 fully saturated rings. The topological polar surface area (TPSA) is 592 Å². The summed E-state index contributed by atoms with van der Waals surface area (Å²) in [6, 6.07) is 11.0. The first-order valence-electron chi connectivity index (χ1n) is 31.1. The lowest BCUT2D eigenvalue weighted by molar-refractivity contribution is -0.396. The van der Waals surface area contributed by atoms with Crippen LogP contribution in [0.1, 0.15) is 31.8 Å². The van der Waals surface area contributed by atoms with E-state index in [4.69, 9.17) is 66.3 Å². The lowest BCUT2D eigenvalue weighted by Crippen LogP contribution is -2.68. The first-order valence-corrected chi connectivity index (χ1v) is 31.1. The zero-order valence-corrected chi connectivity index (χ0v) is 50.6. The van der Waals surface area contributed by atoms with Crippen LogP contribution < -0.4 is 10.6 Å². The maximum atomic E-state index is 13.7. The number of carbonyl (C=O) groups is 2. The molecule has 38 nitrogen and oxygen atoms in total. The Bertz CT molecular complexity index is 2890. The van der Waals surface area contributed by atoms with Gasteiger partial charge >= 0.3 is 0 Å². The van der Waals surface area contributed by atoms with Gasteiger partial charge in [-0.05, 0) is 6.07 Å². The summed E-state index contributed by atoms with van der Waals surface area (Å²) in [4.78, 5) is 27.2. The Morgan fingerprint density at radius 2 is 0.531 bits per heavy atom. The van der Waals surface area contributed by atoms with E-state index in [9.17, 15) is 112 Å². The van der Waals surface area contributed by atoms with Gasteiger partial charge in [0.2, 0.25) is 0 Å². The zero-order chi connectivity index (χ0) is 68.9. The highest BCUT2D eigenvalue weighted by molar-refractivity contribution is 6.30. The summed E-state index contributed by atoms with van der Waals surface area (Å²) >= 11 is 0. The van der Waals surface area contributed by atoms with Gasteiger partial charge < -0.3 is 179 Å². The molecule has 0 unspecified atom stereocenters. The van der Waals surface area contributed by atoms with E-state index in [2.05, 4.69) is 10.6 Å². The van der Waals surface area contributed by atoms with Crippen molar-refractivity contribution in [2.24, 2.45) is 0 Å². The molecule has 0 aromatic heterocycles. The molecule has 0 radical (unpaired) electrons. The Morgan fingerprint density at radius 3 is 0.812 bits per heavy atom. The van der Waals surface area contributed by atoms with Gasteiger partial charge in [-0.3, -0.25) is 9.59 Å². The SMILES string of the molecule is O=C1c2ccccc2C(=O)c2c(NCCNC[C@H]3O[C@@H]4O[C@H]5[C@H](O)[C@@H](O)[C@@H](O[C@H]6[C@H](O)[C@@H](O)[C@@H](O[C@H]7[C@H](O)[C@@H](O)[C@@H](O[C@H]8[C@H](O)[C@@H](O)[C@@H](O[C@H]9[C@H](O)[C@@H](O)[C@@H](O[C@H]%10[C@H](O)[C@@H](O)[C@@H](O[C@H]3[C@H](O)[C@H]4O)O[C@@H]%10CO)O[C@@H]9CO)O[C@@H]8CO)O[C@@H]7CO)O[C@@H]6CO)O[C@@H]5CO)cccc21. The van der Waals surface area contributed by atoms with Crippen LogP contribution in [0, 0.1) is 0 Å². The molecular weight excluding hydrogens is 1300 g/mol. The number of aliphatic hydroxyl groups excluding tert-OH is 20. The third-order valence-corrected chi connectivity index (χ3v) is 18.5. The number of ether oxygens (including phenoxy) is 14. The van der Waals surface area contributed by atoms with E-state index in [1.54, 1.807) is 30.3 Å². The summed E-state index contributed by atoms with van der Waals surface area (Å²) in [5.74, 6) is -0.777. The number of ketones is 2. The summed E-state index contributed by atoms with van der Waals surface area (Å²) in [7, 11) is 0. The van der Waals surface area contributed by atoms with Gasteiger partial charge in [-0.15, -0.1) is 0 Å². The number of hydrogen-bond donors (Lipinski definition) is 22. The Balaban J connectivity index is 0.865. The number of rotatable bonds is 12. The molecule has 0 spiro atoms. The Kier molecular flexibility index (Phi) is 23.9. The van der Waals surface area contributed by atoms with Gasteiger partial charge in [0, 0.05) is 42.0 Å². The van der Waals surface area contributed by atoms with Crippen molar-refractivity contribution < 1.29 is 178 Å². The van der Waals surface area contributed by atoms with E-state index < -0.39 is 267 Å². The van der Waals surface area contributed by atoms with Crippen molar-refractivity contribution in [3.8, 4) is 0 Å². The quantitative estimate of drug-likeness (QED) is 0.0749. The van der Waals surface area contributed by atoms with Crippen LogP contribution in [0.2, 0.25) is 0 Å². The minimum Gasteiger partial charge on any atom is -0.394 e. The first-order chi connectivity index (χ1) is 46.0. The van der Waals surface area contributed by atoms with Crippen LogP contribution in [-0.2, 0) is 66.3 Å². The van der Waals surface area contributed by atoms with Crippen LogP contribution in [0.25, 0.3) is 0 Å². The molecule has 96 heavy (non-hydrogen) atoms. The number of nitrogens with one attached hydrogen (secondary N) is 2. The Labute approximate surface area is 543 Å². The van der Waals surface area contributed by atoms with Crippen molar-refractivity contribution in [2.45, 2.75) is 215 Å². The molecule has 14 bridgehead atoms. The molecule has 24 rings (SSSR count). The van der Waals surface area contributed by atoms with E-state index >= 15 is 0 Å². The number of carbonyl (C=O) groups excluding carboxylic acids is 2. The first kappa shape index (κ1) is 73.4. The third kappa shape index (κ3) is 14.1. The van der Waals surface area contributed by atoms with Crippen molar-refractivity contribution in [3.05, 3.63) is 64.7 Å². The lowest BCUT2D eigenvalue weighted by atomic mass is 9.83. The second-order valence-electron chi connectivity index (χ2n) is 24.5. The largest absolute Gasteiger partial charge is 0.394 e. The molecule has 35 atom stereocenters. The van der Waals surface area contributed by atoms with Crippen LogP contribution in [0.3, 0.4) is 0 Å². The highest BCUT2D eigenvalue weighted by Crippen LogP contribution is 2.40. The fraction of sp³-hybridized carbons (Fsp3) is 0.759. The smallest absolute Gasteiger partial charge is 0.196 e. The normalized spacial score (nSPS) is 47.1. The van der Waals surface area contributed by atoms with Crippen LogP contribution in [0.4, 0.5) is 5.69 Å². The molecule has 38 heteroatoms. The molecule has 21 heterocycles. The van der Waals surface area contributed by atoms with Gasteiger partial charge in [-0.1, -0.05) is 36.4 Å². The number of fused-ring (bicyclic) bond motifs is 2. The molecule has 21 saturated heterocycles. The van der Waals surface area contributed by atoms with E-state index in [-0.39, 0.29) is 41.1 Å². The fourth-order valence-electron chi connectivity index (χ4n) is 13.3. The molecule has 21 aliphatic heterocycles. The van der Waals surface area contributed by atoms with Gasteiger partial charge in [0.25, 0.3) is 0 Å². The van der Waals surface area contributed by atoms with Crippen molar-refractivity contribution in [1.29, 1.82) is 0 Å². The molecule has 0 saturated carbocycles. The average Bonchev–Trinajstić information content (AvgIpc) is 0.771. The van der Waals surface area contributed by atoms with Gasteiger partial charge in [-0.2, -0.15) is 0 Å². The third-order valence-electron chi connectivity index (χ3n) is 18.5.